The molecule has 0 saturated carbocycles. The summed E-state index contributed by atoms with van der Waals surface area (Å²) in [6.07, 6.45) is 4.89. The molecule has 26 heavy (non-hydrogen) atoms. The Morgan fingerprint density at radius 3 is 2.08 bits per heavy atom. The van der Waals surface area contributed by atoms with Crippen molar-refractivity contribution in [2.75, 3.05) is 0 Å². The second kappa shape index (κ2) is 8.29. The molecule has 142 valence electrons. The zero-order chi connectivity index (χ0) is 19.6. The van der Waals surface area contributed by atoms with Gasteiger partial charge in [-0.05, 0) is 0 Å². The van der Waals surface area contributed by atoms with Gasteiger partial charge in [0.25, 0.3) is 0 Å². The fourth-order valence-electron chi connectivity index (χ4n) is 3.97. The van der Waals surface area contributed by atoms with Crippen LogP contribution in [-0.2, 0) is 7.05 Å². The molecule has 0 spiro atoms. The average Bonchev–Trinajstić information content (AvgIpc) is 2.55. The van der Waals surface area contributed by atoms with Gasteiger partial charge in [0.1, 0.15) is 0 Å². The molecule has 0 atom stereocenters. The summed E-state index contributed by atoms with van der Waals surface area (Å²) in [4.78, 5) is 0. The van der Waals surface area contributed by atoms with Gasteiger partial charge in [-0.25, -0.2) is 0 Å². The van der Waals surface area contributed by atoms with Gasteiger partial charge in [-0.15, -0.1) is 0 Å². The van der Waals surface area contributed by atoms with Crippen LogP contribution in [0, 0.1) is 6.92 Å². The molecule has 1 heterocycles. The average molecular weight is 413 g/mol. The molecule has 0 aliphatic heterocycles. The van der Waals surface area contributed by atoms with Gasteiger partial charge >= 0.3 is 164 Å². The van der Waals surface area contributed by atoms with Gasteiger partial charge in [0.2, 0.25) is 0 Å². The van der Waals surface area contributed by atoms with E-state index in [2.05, 4.69) is 94.0 Å². The molecule has 0 saturated heterocycles. The first kappa shape index (κ1) is 21.2. The Morgan fingerprint density at radius 2 is 1.62 bits per heavy atom. The molecule has 0 fully saturated rings. The van der Waals surface area contributed by atoms with Crippen LogP contribution in [0.1, 0.15) is 69.1 Å². The van der Waals surface area contributed by atoms with Crippen LogP contribution in [0.15, 0.2) is 30.5 Å². The van der Waals surface area contributed by atoms with Gasteiger partial charge < -0.3 is 0 Å². The number of nitrogens with zero attached hydrogens (tertiary/aromatic N) is 1. The number of aromatic nitrogens is 1. The number of pyridine rings is 1. The van der Waals surface area contributed by atoms with Crippen LogP contribution >= 0.6 is 0 Å². The second-order valence-electron chi connectivity index (χ2n) is 9.13. The van der Waals surface area contributed by atoms with Crippen molar-refractivity contribution >= 4 is 17.7 Å². The van der Waals surface area contributed by atoms with Crippen LogP contribution in [0.25, 0.3) is 11.3 Å². The summed E-state index contributed by atoms with van der Waals surface area (Å²) in [5.74, 6) is 8.84. The van der Waals surface area contributed by atoms with Crippen molar-refractivity contribution in [2.24, 2.45) is 7.05 Å². The van der Waals surface area contributed by atoms with Crippen molar-refractivity contribution in [3.8, 4) is 11.3 Å². The summed E-state index contributed by atoms with van der Waals surface area (Å²) < 4.78 is 4.04. The van der Waals surface area contributed by atoms with Gasteiger partial charge in [0.15, 0.2) is 0 Å². The fraction of sp³-hybridized carbons (Fsp3) is 0.542. The molecule has 2 rings (SSSR count). The number of rotatable bonds is 6. The summed E-state index contributed by atoms with van der Waals surface area (Å²) in [7, 11) is 2.22. The molecule has 0 radical (unpaired) electrons. The molecule has 0 bridgehead atoms. The van der Waals surface area contributed by atoms with Gasteiger partial charge in [-0.1, -0.05) is 0 Å². The molecular weight excluding hydrogens is 375 g/mol. The Labute approximate surface area is 164 Å². The number of hydrogen-bond donors (Lipinski definition) is 0. The maximum absolute atomic E-state index is 2.53. The minimum absolute atomic E-state index is 0.578. The third-order valence-electron chi connectivity index (χ3n) is 5.73. The van der Waals surface area contributed by atoms with E-state index in [0.29, 0.717) is 11.8 Å². The van der Waals surface area contributed by atoms with Crippen molar-refractivity contribution < 1.29 is 4.57 Å². The molecule has 2 heteroatoms. The summed E-state index contributed by atoms with van der Waals surface area (Å²) >= 11 is -1.97. The molecule has 0 aliphatic rings. The predicted molar refractivity (Wildman–Crippen MR) is 118 cm³/mol. The maximum atomic E-state index is 2.53. The van der Waals surface area contributed by atoms with Gasteiger partial charge in [0.05, 0.1) is 0 Å². The van der Waals surface area contributed by atoms with E-state index in [1.54, 1.807) is 9.96 Å². The Balaban J connectivity index is 2.68. The first-order valence-electron chi connectivity index (χ1n) is 10.2. The molecule has 0 N–H and O–H groups in total. The fourth-order valence-corrected chi connectivity index (χ4v) is 7.55. The van der Waals surface area contributed by atoms with Crippen molar-refractivity contribution in [3.63, 3.8) is 0 Å². The predicted octanol–water partition coefficient (Wildman–Crippen LogP) is 6.06. The standard InChI is InChI=1S/C24H38GeN/c1-10-19(11-2)22-16-26(9)24(15-23(22)25(6,7)8)21-13-12-20(17(3)4)14-18(21)5/h12-17,19H,10-11H2,1-9H3/q+1. The normalized spacial score (nSPS) is 12.3. The van der Waals surface area contributed by atoms with Crippen molar-refractivity contribution in [1.82, 2.24) is 0 Å². The number of aryl methyl sites for hydroxylation is 2. The Morgan fingerprint density at radius 1 is 1.00 bits per heavy atom. The van der Waals surface area contributed by atoms with Gasteiger partial charge in [-0.2, -0.15) is 0 Å². The van der Waals surface area contributed by atoms with Crippen LogP contribution in [0.3, 0.4) is 0 Å². The van der Waals surface area contributed by atoms with Crippen LogP contribution in [0.4, 0.5) is 0 Å². The van der Waals surface area contributed by atoms with E-state index < -0.39 is 13.3 Å². The van der Waals surface area contributed by atoms with Crippen molar-refractivity contribution in [1.29, 1.82) is 0 Å². The monoisotopic (exact) mass is 414 g/mol. The molecule has 1 aromatic carbocycles. The van der Waals surface area contributed by atoms with E-state index in [-0.39, 0.29) is 0 Å². The van der Waals surface area contributed by atoms with E-state index >= 15 is 0 Å². The number of hydrogen-bond acceptors (Lipinski definition) is 0. The van der Waals surface area contributed by atoms with Crippen LogP contribution in [0.2, 0.25) is 17.3 Å². The van der Waals surface area contributed by atoms with E-state index in [1.807, 2.05) is 0 Å². The Hall–Kier alpha value is -1.09. The van der Waals surface area contributed by atoms with E-state index in [1.165, 1.54) is 35.2 Å². The van der Waals surface area contributed by atoms with E-state index in [0.717, 1.165) is 0 Å². The molecule has 1 nitrogen and oxygen atoms in total. The Kier molecular flexibility index (Phi) is 6.77. The minimum atomic E-state index is -1.97. The second-order valence-corrected chi connectivity index (χ2v) is 19.7. The summed E-state index contributed by atoms with van der Waals surface area (Å²) in [5, 5.41) is 0. The van der Waals surface area contributed by atoms with Crippen LogP contribution < -0.4 is 8.96 Å². The first-order chi connectivity index (χ1) is 12.1. The van der Waals surface area contributed by atoms with Gasteiger partial charge in [0, 0.05) is 0 Å². The summed E-state index contributed by atoms with van der Waals surface area (Å²) in [6, 6.07) is 9.54. The molecule has 0 amide bonds. The van der Waals surface area contributed by atoms with Gasteiger partial charge in [-0.3, -0.25) is 0 Å². The SMILES string of the molecule is CCC(CC)c1c[n+](C)c(-c2ccc(C(C)C)cc2C)c[c]1[Ge]([CH3])([CH3])[CH3]. The van der Waals surface area contributed by atoms with Crippen molar-refractivity contribution in [3.05, 3.63) is 47.2 Å². The van der Waals surface area contributed by atoms with Crippen LogP contribution in [0.5, 0.6) is 0 Å². The van der Waals surface area contributed by atoms with Crippen LogP contribution in [-0.4, -0.2) is 13.3 Å². The number of benzene rings is 1. The molecule has 0 aliphatic carbocycles. The zero-order valence-corrected chi connectivity index (χ0v) is 20.5. The van der Waals surface area contributed by atoms with Crippen molar-refractivity contribution in [2.45, 2.75) is 76.6 Å². The molecule has 1 aromatic heterocycles. The first-order valence-corrected chi connectivity index (χ1v) is 17.6. The summed E-state index contributed by atoms with van der Waals surface area (Å²) in [5.41, 5.74) is 7.15. The van der Waals surface area contributed by atoms with E-state index in [4.69, 9.17) is 0 Å². The zero-order valence-electron chi connectivity index (χ0n) is 18.4. The topological polar surface area (TPSA) is 3.88 Å². The molecular formula is C24H38GeN+. The summed E-state index contributed by atoms with van der Waals surface area (Å²) in [6.45, 7) is 11.5. The molecule has 0 unspecified atom stereocenters. The third-order valence-corrected chi connectivity index (χ3v) is 10.0. The molecule has 2 aromatic rings. The van der Waals surface area contributed by atoms with E-state index in [9.17, 15) is 0 Å². The third kappa shape index (κ3) is 4.42. The quantitative estimate of drug-likeness (QED) is 0.401. The Bertz CT molecular complexity index is 765.